The Bertz CT molecular complexity index is 652. The van der Waals surface area contributed by atoms with Crippen molar-refractivity contribution in [2.45, 2.75) is 6.92 Å². The van der Waals surface area contributed by atoms with Crippen LogP contribution >= 0.6 is 7.14 Å². The Labute approximate surface area is 112 Å². The van der Waals surface area contributed by atoms with Gasteiger partial charge in [0.2, 0.25) is 0 Å². The van der Waals surface area contributed by atoms with Gasteiger partial charge in [0.05, 0.1) is 17.6 Å². The minimum absolute atomic E-state index is 0.336. The van der Waals surface area contributed by atoms with E-state index in [0.29, 0.717) is 16.7 Å². The first kappa shape index (κ1) is 13.8. The van der Waals surface area contributed by atoms with E-state index in [0.717, 1.165) is 5.56 Å². The van der Waals surface area contributed by atoms with E-state index in [4.69, 9.17) is 0 Å². The van der Waals surface area contributed by atoms with Crippen molar-refractivity contribution in [2.75, 3.05) is 18.6 Å². The van der Waals surface area contributed by atoms with Gasteiger partial charge in [0, 0.05) is 11.5 Å². The van der Waals surface area contributed by atoms with Gasteiger partial charge in [0.25, 0.3) is 0 Å². The molecule has 100 valence electrons. The van der Waals surface area contributed by atoms with E-state index in [9.17, 15) is 8.96 Å². The normalized spacial score (nSPS) is 11.4. The highest BCUT2D eigenvalue weighted by Crippen LogP contribution is 2.38. The van der Waals surface area contributed by atoms with Crippen molar-refractivity contribution in [3.8, 4) is 0 Å². The maximum atomic E-state index is 13.8. The number of nitrogens with one attached hydrogen (secondary N) is 1. The first-order valence-electron chi connectivity index (χ1n) is 5.90. The molecule has 0 bridgehead atoms. The molecule has 0 saturated heterocycles. The van der Waals surface area contributed by atoms with Crippen LogP contribution in [0, 0.1) is 12.7 Å². The maximum Gasteiger partial charge on any atom is 0.146 e. The number of nitrogens with zero attached hydrogens (tertiary/aromatic N) is 1. The van der Waals surface area contributed by atoms with Gasteiger partial charge in [-0.15, -0.1) is 0 Å². The third-order valence-electron chi connectivity index (χ3n) is 2.77. The molecule has 0 saturated carbocycles. The highest BCUT2D eigenvalue weighted by Gasteiger charge is 2.16. The Morgan fingerprint density at radius 3 is 2.58 bits per heavy atom. The van der Waals surface area contributed by atoms with Gasteiger partial charge in [-0.1, -0.05) is 6.07 Å². The third-order valence-corrected chi connectivity index (χ3v) is 4.32. The van der Waals surface area contributed by atoms with Gasteiger partial charge in [0.1, 0.15) is 13.0 Å². The summed E-state index contributed by atoms with van der Waals surface area (Å²) in [6.07, 6.45) is 3.15. The SMILES string of the molecule is Cc1ccc(Nc2cnccc2P(C)(C)=O)c(F)c1. The summed E-state index contributed by atoms with van der Waals surface area (Å²) >= 11 is 0. The fourth-order valence-electron chi connectivity index (χ4n) is 1.82. The van der Waals surface area contributed by atoms with Crippen molar-refractivity contribution >= 4 is 23.8 Å². The van der Waals surface area contributed by atoms with Crippen molar-refractivity contribution < 1.29 is 8.96 Å². The smallest absolute Gasteiger partial charge is 0.146 e. The Morgan fingerprint density at radius 2 is 1.95 bits per heavy atom. The first-order chi connectivity index (χ1) is 8.88. The lowest BCUT2D eigenvalue weighted by Crippen LogP contribution is -2.10. The lowest BCUT2D eigenvalue weighted by molar-refractivity contribution is 0.588. The number of benzene rings is 1. The van der Waals surface area contributed by atoms with E-state index in [1.807, 2.05) is 13.0 Å². The topological polar surface area (TPSA) is 42.0 Å². The molecule has 5 heteroatoms. The van der Waals surface area contributed by atoms with E-state index >= 15 is 0 Å². The number of rotatable bonds is 3. The van der Waals surface area contributed by atoms with Crippen LogP contribution in [0.15, 0.2) is 36.7 Å². The summed E-state index contributed by atoms with van der Waals surface area (Å²) in [5.74, 6) is -0.336. The summed E-state index contributed by atoms with van der Waals surface area (Å²) < 4.78 is 26.0. The number of halogens is 1. The predicted octanol–water partition coefficient (Wildman–Crippen LogP) is 3.52. The highest BCUT2D eigenvalue weighted by atomic mass is 31.2. The van der Waals surface area contributed by atoms with Crippen LogP contribution in [-0.4, -0.2) is 18.3 Å². The summed E-state index contributed by atoms with van der Waals surface area (Å²) in [4.78, 5) is 4.00. The van der Waals surface area contributed by atoms with Gasteiger partial charge in [-0.25, -0.2) is 4.39 Å². The Morgan fingerprint density at radius 1 is 1.21 bits per heavy atom. The second kappa shape index (κ2) is 5.14. The molecule has 0 aliphatic carbocycles. The number of anilines is 2. The second-order valence-corrected chi connectivity index (χ2v) is 8.04. The molecule has 1 aromatic carbocycles. The standard InChI is InChI=1S/C14H16FN2OP/c1-10-4-5-12(11(15)8-10)17-13-9-16-7-6-14(13)19(2,3)18/h4-9,17H,1-3H3. The molecule has 0 unspecified atom stereocenters. The van der Waals surface area contributed by atoms with Crippen LogP contribution in [0.2, 0.25) is 0 Å². The average molecular weight is 278 g/mol. The molecule has 0 atom stereocenters. The van der Waals surface area contributed by atoms with Crippen LogP contribution < -0.4 is 10.6 Å². The van der Waals surface area contributed by atoms with Gasteiger partial charge in [0.15, 0.2) is 0 Å². The number of hydrogen-bond acceptors (Lipinski definition) is 3. The average Bonchev–Trinajstić information content (AvgIpc) is 2.32. The van der Waals surface area contributed by atoms with E-state index in [1.54, 1.807) is 37.9 Å². The monoisotopic (exact) mass is 278 g/mol. The maximum absolute atomic E-state index is 13.8. The molecule has 19 heavy (non-hydrogen) atoms. The molecule has 0 spiro atoms. The molecule has 1 heterocycles. The quantitative estimate of drug-likeness (QED) is 0.873. The van der Waals surface area contributed by atoms with Gasteiger partial charge in [-0.2, -0.15) is 0 Å². The van der Waals surface area contributed by atoms with Crippen LogP contribution in [0.5, 0.6) is 0 Å². The molecule has 1 N–H and O–H groups in total. The molecular formula is C14H16FN2OP. The van der Waals surface area contributed by atoms with Crippen LogP contribution in [0.1, 0.15) is 5.56 Å². The van der Waals surface area contributed by atoms with Crippen LogP contribution in [0.3, 0.4) is 0 Å². The van der Waals surface area contributed by atoms with Crippen LogP contribution in [0.25, 0.3) is 0 Å². The molecule has 2 aromatic rings. The predicted molar refractivity (Wildman–Crippen MR) is 77.7 cm³/mol. The highest BCUT2D eigenvalue weighted by molar-refractivity contribution is 7.70. The Kier molecular flexibility index (Phi) is 3.72. The fourth-order valence-corrected chi connectivity index (χ4v) is 2.94. The second-order valence-electron chi connectivity index (χ2n) is 4.85. The minimum Gasteiger partial charge on any atom is -0.351 e. The van der Waals surface area contributed by atoms with E-state index in [2.05, 4.69) is 10.3 Å². The van der Waals surface area contributed by atoms with Crippen molar-refractivity contribution in [3.05, 3.63) is 48.0 Å². The zero-order valence-corrected chi connectivity index (χ0v) is 12.0. The molecule has 3 nitrogen and oxygen atoms in total. The lowest BCUT2D eigenvalue weighted by Gasteiger charge is -2.15. The summed E-state index contributed by atoms with van der Waals surface area (Å²) in [6.45, 7) is 5.19. The zero-order chi connectivity index (χ0) is 14.0. The summed E-state index contributed by atoms with van der Waals surface area (Å²) in [7, 11) is -2.44. The summed E-state index contributed by atoms with van der Waals surface area (Å²) in [6, 6.07) is 6.64. The summed E-state index contributed by atoms with van der Waals surface area (Å²) in [5.41, 5.74) is 1.79. The molecular weight excluding hydrogens is 262 g/mol. The van der Waals surface area contributed by atoms with Crippen LogP contribution in [0.4, 0.5) is 15.8 Å². The Hall–Kier alpha value is -1.67. The molecule has 0 fully saturated rings. The molecule has 0 aliphatic heterocycles. The Balaban J connectivity index is 2.42. The molecule has 0 radical (unpaired) electrons. The molecule has 2 rings (SSSR count). The fraction of sp³-hybridized carbons (Fsp3) is 0.214. The zero-order valence-electron chi connectivity index (χ0n) is 11.1. The van der Waals surface area contributed by atoms with Crippen molar-refractivity contribution in [2.24, 2.45) is 0 Å². The van der Waals surface area contributed by atoms with Crippen molar-refractivity contribution in [1.29, 1.82) is 0 Å². The first-order valence-corrected chi connectivity index (χ1v) is 8.51. The number of hydrogen-bond donors (Lipinski definition) is 1. The number of aromatic nitrogens is 1. The third kappa shape index (κ3) is 3.21. The van der Waals surface area contributed by atoms with Gasteiger partial charge >= 0.3 is 0 Å². The van der Waals surface area contributed by atoms with Crippen molar-refractivity contribution in [1.82, 2.24) is 4.98 Å². The number of pyridine rings is 1. The van der Waals surface area contributed by atoms with E-state index in [-0.39, 0.29) is 5.82 Å². The largest absolute Gasteiger partial charge is 0.351 e. The molecule has 0 aliphatic rings. The van der Waals surface area contributed by atoms with E-state index in [1.165, 1.54) is 6.07 Å². The number of aryl methyl sites for hydroxylation is 1. The van der Waals surface area contributed by atoms with Crippen LogP contribution in [-0.2, 0) is 4.57 Å². The minimum atomic E-state index is -2.44. The van der Waals surface area contributed by atoms with E-state index < -0.39 is 7.14 Å². The molecule has 1 aromatic heterocycles. The summed E-state index contributed by atoms with van der Waals surface area (Å²) in [5, 5.41) is 3.63. The molecule has 0 amide bonds. The lowest BCUT2D eigenvalue weighted by atomic mass is 10.2. The van der Waals surface area contributed by atoms with Crippen molar-refractivity contribution in [3.63, 3.8) is 0 Å². The van der Waals surface area contributed by atoms with Gasteiger partial charge < -0.3 is 9.88 Å². The van der Waals surface area contributed by atoms with Gasteiger partial charge in [-0.05, 0) is 44.0 Å². The van der Waals surface area contributed by atoms with Gasteiger partial charge in [-0.3, -0.25) is 4.98 Å².